The molecule has 3 aromatic carbocycles. The summed E-state index contributed by atoms with van der Waals surface area (Å²) >= 11 is 7.56. The number of carbonyl (C=O) groups excluding carboxylic acids is 2. The van der Waals surface area contributed by atoms with Crippen LogP contribution in [0.4, 0.5) is 5.82 Å². The Morgan fingerprint density at radius 2 is 1.84 bits per heavy atom. The van der Waals surface area contributed by atoms with Crippen LogP contribution in [0, 0.1) is 0 Å². The van der Waals surface area contributed by atoms with Crippen molar-refractivity contribution < 1.29 is 9.59 Å². The number of piperazine rings is 1. The summed E-state index contributed by atoms with van der Waals surface area (Å²) in [6.45, 7) is 1.31. The van der Waals surface area contributed by atoms with Crippen molar-refractivity contribution in [1.29, 1.82) is 0 Å². The number of nitrogens with zero attached hydrogens (tertiary/aromatic N) is 4. The van der Waals surface area contributed by atoms with Gasteiger partial charge in [0.1, 0.15) is 18.2 Å². The number of thiophene rings is 1. The number of carbonyl (C=O) groups is 2. The smallest absolute Gasteiger partial charge is 0.264 e. The molecule has 7 nitrogen and oxygen atoms in total. The highest BCUT2D eigenvalue weighted by atomic mass is 35.5. The predicted molar refractivity (Wildman–Crippen MR) is 151 cm³/mol. The van der Waals surface area contributed by atoms with Crippen LogP contribution in [-0.2, 0) is 17.8 Å². The number of aromatic nitrogens is 2. The average molecular weight is 542 g/mol. The number of nitrogens with two attached hydrogens (primary N) is 1. The maximum absolute atomic E-state index is 13.9. The van der Waals surface area contributed by atoms with Gasteiger partial charge in [-0.25, -0.2) is 9.97 Å². The fourth-order valence-corrected chi connectivity index (χ4v) is 6.26. The van der Waals surface area contributed by atoms with Gasteiger partial charge in [0.05, 0.1) is 10.4 Å². The van der Waals surface area contributed by atoms with E-state index in [0.717, 1.165) is 32.1 Å². The number of anilines is 1. The van der Waals surface area contributed by atoms with Gasteiger partial charge in [-0.15, -0.1) is 11.3 Å². The van der Waals surface area contributed by atoms with Crippen molar-refractivity contribution in [2.75, 3.05) is 18.8 Å². The fourth-order valence-electron chi connectivity index (χ4n) is 4.97. The molecular formula is C29H24ClN5O2S. The average Bonchev–Trinajstić information content (AvgIpc) is 3.35. The second-order valence-corrected chi connectivity index (χ2v) is 10.9. The van der Waals surface area contributed by atoms with Crippen LogP contribution in [0.25, 0.3) is 21.0 Å². The molecule has 6 rings (SSSR count). The van der Waals surface area contributed by atoms with Crippen molar-refractivity contribution in [2.45, 2.75) is 19.0 Å². The monoisotopic (exact) mass is 541 g/mol. The zero-order chi connectivity index (χ0) is 26.2. The topological polar surface area (TPSA) is 92.4 Å². The Morgan fingerprint density at radius 1 is 1.00 bits per heavy atom. The first-order chi connectivity index (χ1) is 18.5. The number of benzene rings is 3. The van der Waals surface area contributed by atoms with E-state index in [1.165, 1.54) is 17.7 Å². The van der Waals surface area contributed by atoms with Crippen LogP contribution in [0.1, 0.15) is 20.8 Å². The predicted octanol–water partition coefficient (Wildman–Crippen LogP) is 5.18. The Bertz CT molecular complexity index is 1670. The first kappa shape index (κ1) is 24.3. The third-order valence-electron chi connectivity index (χ3n) is 6.91. The van der Waals surface area contributed by atoms with E-state index < -0.39 is 6.04 Å². The highest BCUT2D eigenvalue weighted by Crippen LogP contribution is 2.31. The van der Waals surface area contributed by atoms with Crippen molar-refractivity contribution in [1.82, 2.24) is 19.8 Å². The Kier molecular flexibility index (Phi) is 6.43. The van der Waals surface area contributed by atoms with Crippen LogP contribution in [0.15, 0.2) is 79.1 Å². The Hall–Kier alpha value is -4.01. The molecule has 1 aliphatic heterocycles. The van der Waals surface area contributed by atoms with Crippen LogP contribution in [0.3, 0.4) is 0 Å². The van der Waals surface area contributed by atoms with Gasteiger partial charge in [0.25, 0.3) is 5.91 Å². The molecule has 1 saturated heterocycles. The van der Waals surface area contributed by atoms with Gasteiger partial charge >= 0.3 is 0 Å². The summed E-state index contributed by atoms with van der Waals surface area (Å²) in [7, 11) is 0. The lowest BCUT2D eigenvalue weighted by atomic mass is 10.00. The number of nitrogen functional groups attached to an aromatic ring is 1. The summed E-state index contributed by atoms with van der Waals surface area (Å²) in [4.78, 5) is 40.2. The minimum absolute atomic E-state index is 0.0695. The molecule has 0 saturated carbocycles. The van der Waals surface area contributed by atoms with E-state index in [-0.39, 0.29) is 11.8 Å². The molecule has 1 atom stereocenters. The number of rotatable bonds is 5. The highest BCUT2D eigenvalue weighted by molar-refractivity contribution is 7.20. The zero-order valence-corrected chi connectivity index (χ0v) is 22.0. The first-order valence-corrected chi connectivity index (χ1v) is 13.5. The van der Waals surface area contributed by atoms with Crippen LogP contribution < -0.4 is 5.73 Å². The summed E-state index contributed by atoms with van der Waals surface area (Å²) in [5.41, 5.74) is 8.66. The van der Waals surface area contributed by atoms with Crippen molar-refractivity contribution in [2.24, 2.45) is 0 Å². The van der Waals surface area contributed by atoms with Crippen LogP contribution in [0.5, 0.6) is 0 Å². The van der Waals surface area contributed by atoms with Gasteiger partial charge in [0.15, 0.2) is 0 Å². The summed E-state index contributed by atoms with van der Waals surface area (Å²) in [5.74, 6) is 0.227. The molecule has 190 valence electrons. The Labute approximate surface area is 228 Å². The van der Waals surface area contributed by atoms with Gasteiger partial charge in [0, 0.05) is 41.2 Å². The SMILES string of the molecule is Nc1ncnc2cc(CN3CCN(C(=O)c4cc5ccc(Cl)cc5s4)C(Cc4ccccc4)C3=O)ccc12. The van der Waals surface area contributed by atoms with Crippen molar-refractivity contribution in [3.8, 4) is 0 Å². The molecule has 1 fully saturated rings. The molecule has 1 unspecified atom stereocenters. The number of hydrogen-bond donors (Lipinski definition) is 1. The normalized spacial score (nSPS) is 15.9. The molecule has 0 bridgehead atoms. The molecule has 0 spiro atoms. The third-order valence-corrected chi connectivity index (χ3v) is 8.24. The lowest BCUT2D eigenvalue weighted by Crippen LogP contribution is -2.59. The molecule has 5 aromatic rings. The van der Waals surface area contributed by atoms with E-state index in [2.05, 4.69) is 9.97 Å². The summed E-state index contributed by atoms with van der Waals surface area (Å²) in [6.07, 6.45) is 1.88. The van der Waals surface area contributed by atoms with Crippen LogP contribution in [0.2, 0.25) is 5.02 Å². The van der Waals surface area contributed by atoms with Gasteiger partial charge in [0.2, 0.25) is 5.91 Å². The van der Waals surface area contributed by atoms with Gasteiger partial charge in [-0.2, -0.15) is 0 Å². The molecular weight excluding hydrogens is 518 g/mol. The van der Waals surface area contributed by atoms with E-state index in [1.54, 1.807) is 4.90 Å². The summed E-state index contributed by atoms with van der Waals surface area (Å²) in [6, 6.07) is 22.5. The molecule has 2 N–H and O–H groups in total. The van der Waals surface area contributed by atoms with E-state index >= 15 is 0 Å². The van der Waals surface area contributed by atoms with E-state index in [1.807, 2.05) is 77.7 Å². The maximum atomic E-state index is 13.9. The molecule has 38 heavy (non-hydrogen) atoms. The maximum Gasteiger partial charge on any atom is 0.264 e. The van der Waals surface area contributed by atoms with Crippen molar-refractivity contribution >= 4 is 61.6 Å². The van der Waals surface area contributed by atoms with Crippen molar-refractivity contribution in [3.05, 3.63) is 100 Å². The van der Waals surface area contributed by atoms with Crippen LogP contribution in [-0.4, -0.2) is 50.7 Å². The van der Waals surface area contributed by atoms with Gasteiger partial charge < -0.3 is 15.5 Å². The van der Waals surface area contributed by atoms with E-state index in [0.29, 0.717) is 41.8 Å². The Balaban J connectivity index is 1.29. The zero-order valence-electron chi connectivity index (χ0n) is 20.4. The number of halogens is 1. The van der Waals surface area contributed by atoms with Crippen molar-refractivity contribution in [3.63, 3.8) is 0 Å². The molecule has 0 aliphatic carbocycles. The molecule has 2 amide bonds. The quantitative estimate of drug-likeness (QED) is 0.331. The van der Waals surface area contributed by atoms with Crippen LogP contribution >= 0.6 is 22.9 Å². The fraction of sp³-hybridized carbons (Fsp3) is 0.172. The third kappa shape index (κ3) is 4.68. The number of fused-ring (bicyclic) bond motifs is 2. The van der Waals surface area contributed by atoms with Gasteiger partial charge in [-0.1, -0.05) is 54.1 Å². The van der Waals surface area contributed by atoms with E-state index in [4.69, 9.17) is 17.3 Å². The number of hydrogen-bond acceptors (Lipinski definition) is 6. The Morgan fingerprint density at radius 3 is 2.68 bits per heavy atom. The second-order valence-electron chi connectivity index (χ2n) is 9.37. The van der Waals surface area contributed by atoms with Gasteiger partial charge in [-0.05, 0) is 46.8 Å². The minimum Gasteiger partial charge on any atom is -0.383 e. The summed E-state index contributed by atoms with van der Waals surface area (Å²) in [5, 5.41) is 2.38. The van der Waals surface area contributed by atoms with E-state index in [9.17, 15) is 9.59 Å². The second kappa shape index (κ2) is 10.0. The van der Waals surface area contributed by atoms with Gasteiger partial charge in [-0.3, -0.25) is 9.59 Å². The number of amides is 2. The largest absolute Gasteiger partial charge is 0.383 e. The lowest BCUT2D eigenvalue weighted by Gasteiger charge is -2.40. The molecule has 9 heteroatoms. The minimum atomic E-state index is -0.606. The molecule has 1 aliphatic rings. The standard InChI is InChI=1S/C29H24ClN5O2S/c30-21-8-7-20-14-26(38-25(20)15-21)29(37)35-11-10-34(28(36)24(35)13-18-4-2-1-3-5-18)16-19-6-9-22-23(12-19)32-17-33-27(22)31/h1-9,12,14-15,17,24H,10-11,13,16H2,(H2,31,32,33). The lowest BCUT2D eigenvalue weighted by molar-refractivity contribution is -0.140. The molecule has 0 radical (unpaired) electrons. The molecule has 2 aromatic heterocycles. The molecule has 3 heterocycles. The first-order valence-electron chi connectivity index (χ1n) is 12.3. The summed E-state index contributed by atoms with van der Waals surface area (Å²) < 4.78 is 0.950. The highest BCUT2D eigenvalue weighted by Gasteiger charge is 2.38.